The molecule has 1 aliphatic heterocycles. The largest absolute Gasteiger partial charge is 0.444 e. The van der Waals surface area contributed by atoms with E-state index < -0.39 is 5.60 Å². The summed E-state index contributed by atoms with van der Waals surface area (Å²) in [4.78, 5) is 14.0. The summed E-state index contributed by atoms with van der Waals surface area (Å²) in [5.74, 6) is 0. The minimum absolute atomic E-state index is 0.284. The first-order valence-corrected chi connectivity index (χ1v) is 8.35. The first-order valence-electron chi connectivity index (χ1n) is 8.35. The maximum Gasteiger partial charge on any atom is 0.410 e. The summed E-state index contributed by atoms with van der Waals surface area (Å²) in [6, 6.07) is 10.2. The van der Waals surface area contributed by atoms with Gasteiger partial charge in [0.25, 0.3) is 0 Å². The Kier molecular flexibility index (Phi) is 4.55. The Bertz CT molecular complexity index is 704. The molecule has 0 saturated carbocycles. The van der Waals surface area contributed by atoms with Gasteiger partial charge in [-0.15, -0.1) is 5.10 Å². The lowest BCUT2D eigenvalue weighted by molar-refractivity contribution is 0.0234. The third-order valence-electron chi connectivity index (χ3n) is 3.93. The average Bonchev–Trinajstić information content (AvgIpc) is 2.76. The SMILES string of the molecule is CC(C)(C)OC(=O)N1CCCc2c(nnn2Cc2ccccc2)C1. The number of ether oxygens (including phenoxy) is 1. The molecule has 1 aromatic heterocycles. The van der Waals surface area contributed by atoms with Crippen molar-refractivity contribution < 1.29 is 9.53 Å². The summed E-state index contributed by atoms with van der Waals surface area (Å²) in [6.07, 6.45) is 1.47. The van der Waals surface area contributed by atoms with Crippen LogP contribution >= 0.6 is 0 Å². The van der Waals surface area contributed by atoms with Gasteiger partial charge in [0.1, 0.15) is 11.3 Å². The molecule has 0 bridgehead atoms. The fourth-order valence-corrected chi connectivity index (χ4v) is 2.83. The second-order valence-corrected chi connectivity index (χ2v) is 7.13. The number of hydrogen-bond acceptors (Lipinski definition) is 4. The van der Waals surface area contributed by atoms with Gasteiger partial charge in [-0.25, -0.2) is 9.48 Å². The molecule has 6 heteroatoms. The molecule has 2 heterocycles. The van der Waals surface area contributed by atoms with Crippen molar-refractivity contribution >= 4 is 6.09 Å². The zero-order valence-corrected chi connectivity index (χ0v) is 14.5. The van der Waals surface area contributed by atoms with Crippen LogP contribution in [-0.4, -0.2) is 38.1 Å². The van der Waals surface area contributed by atoms with Gasteiger partial charge in [0.2, 0.25) is 0 Å². The number of nitrogens with zero attached hydrogens (tertiary/aromatic N) is 4. The van der Waals surface area contributed by atoms with Crippen molar-refractivity contribution in [2.24, 2.45) is 0 Å². The smallest absolute Gasteiger partial charge is 0.410 e. The van der Waals surface area contributed by atoms with Crippen LogP contribution in [0.3, 0.4) is 0 Å². The molecule has 0 unspecified atom stereocenters. The minimum Gasteiger partial charge on any atom is -0.444 e. The highest BCUT2D eigenvalue weighted by molar-refractivity contribution is 5.68. The van der Waals surface area contributed by atoms with Crippen LogP contribution in [0, 0.1) is 0 Å². The third kappa shape index (κ3) is 3.93. The van der Waals surface area contributed by atoms with Crippen molar-refractivity contribution in [3.63, 3.8) is 0 Å². The van der Waals surface area contributed by atoms with Crippen molar-refractivity contribution in [2.75, 3.05) is 6.54 Å². The van der Waals surface area contributed by atoms with Crippen molar-refractivity contribution in [1.29, 1.82) is 0 Å². The number of aromatic nitrogens is 3. The maximum atomic E-state index is 12.3. The molecule has 3 rings (SSSR count). The predicted molar refractivity (Wildman–Crippen MR) is 90.5 cm³/mol. The number of carbonyl (C=O) groups excluding carboxylic acids is 1. The van der Waals surface area contributed by atoms with Crippen LogP contribution in [0.25, 0.3) is 0 Å². The lowest BCUT2D eigenvalue weighted by atomic mass is 10.2. The molecule has 0 atom stereocenters. The molecule has 24 heavy (non-hydrogen) atoms. The maximum absolute atomic E-state index is 12.3. The molecule has 0 radical (unpaired) electrons. The van der Waals surface area contributed by atoms with Crippen molar-refractivity contribution in [1.82, 2.24) is 19.9 Å². The van der Waals surface area contributed by atoms with E-state index in [4.69, 9.17) is 4.74 Å². The predicted octanol–water partition coefficient (Wildman–Crippen LogP) is 3.01. The van der Waals surface area contributed by atoms with Gasteiger partial charge in [0.05, 0.1) is 18.8 Å². The third-order valence-corrected chi connectivity index (χ3v) is 3.93. The van der Waals surface area contributed by atoms with E-state index in [0.29, 0.717) is 19.6 Å². The molecule has 0 N–H and O–H groups in total. The van der Waals surface area contributed by atoms with Gasteiger partial charge in [-0.3, -0.25) is 0 Å². The number of rotatable bonds is 2. The van der Waals surface area contributed by atoms with Crippen LogP contribution in [-0.2, 0) is 24.2 Å². The number of carbonyl (C=O) groups is 1. The average molecular weight is 328 g/mol. The van der Waals surface area contributed by atoms with Gasteiger partial charge in [-0.05, 0) is 39.2 Å². The summed E-state index contributed by atoms with van der Waals surface area (Å²) < 4.78 is 7.43. The highest BCUT2D eigenvalue weighted by atomic mass is 16.6. The molecule has 128 valence electrons. The van der Waals surface area contributed by atoms with Crippen LogP contribution < -0.4 is 0 Å². The first-order chi connectivity index (χ1) is 11.4. The fraction of sp³-hybridized carbons (Fsp3) is 0.500. The molecule has 2 aromatic rings. The molecule has 1 amide bonds. The quantitative estimate of drug-likeness (QED) is 0.850. The van der Waals surface area contributed by atoms with Crippen molar-refractivity contribution in [2.45, 2.75) is 52.3 Å². The molecule has 0 aliphatic carbocycles. The van der Waals surface area contributed by atoms with Gasteiger partial charge in [-0.2, -0.15) is 0 Å². The highest BCUT2D eigenvalue weighted by Crippen LogP contribution is 2.20. The number of amides is 1. The van der Waals surface area contributed by atoms with Crippen LogP contribution in [0.2, 0.25) is 0 Å². The van der Waals surface area contributed by atoms with E-state index in [1.54, 1.807) is 4.90 Å². The fourth-order valence-electron chi connectivity index (χ4n) is 2.83. The summed E-state index contributed by atoms with van der Waals surface area (Å²) in [6.45, 7) is 7.48. The van der Waals surface area contributed by atoms with Crippen molar-refractivity contribution in [3.05, 3.63) is 47.3 Å². The summed E-state index contributed by atoms with van der Waals surface area (Å²) >= 11 is 0. The Morgan fingerprint density at radius 2 is 2.00 bits per heavy atom. The Morgan fingerprint density at radius 3 is 2.71 bits per heavy atom. The Labute approximate surface area is 142 Å². The molecule has 1 aromatic carbocycles. The Balaban J connectivity index is 1.75. The van der Waals surface area contributed by atoms with E-state index in [9.17, 15) is 4.79 Å². The zero-order chi connectivity index (χ0) is 17.2. The molecular formula is C18H24N4O2. The van der Waals surface area contributed by atoms with Gasteiger partial charge in [0.15, 0.2) is 0 Å². The molecular weight excluding hydrogens is 304 g/mol. The molecule has 1 aliphatic rings. The van der Waals surface area contributed by atoms with E-state index in [1.165, 1.54) is 5.56 Å². The van der Waals surface area contributed by atoms with Gasteiger partial charge in [0, 0.05) is 6.54 Å². The van der Waals surface area contributed by atoms with Crippen LogP contribution in [0.15, 0.2) is 30.3 Å². The van der Waals surface area contributed by atoms with Crippen LogP contribution in [0.5, 0.6) is 0 Å². The highest BCUT2D eigenvalue weighted by Gasteiger charge is 2.27. The standard InChI is InChI=1S/C18H24N4O2/c1-18(2,3)24-17(23)21-11-7-10-16-15(13-21)19-20-22(16)12-14-8-5-4-6-9-14/h4-6,8-9H,7,10-13H2,1-3H3. The minimum atomic E-state index is -0.489. The zero-order valence-electron chi connectivity index (χ0n) is 14.5. The number of fused-ring (bicyclic) bond motifs is 1. The first kappa shape index (κ1) is 16.5. The van der Waals surface area contributed by atoms with Crippen molar-refractivity contribution in [3.8, 4) is 0 Å². The van der Waals surface area contributed by atoms with Gasteiger partial charge < -0.3 is 9.64 Å². The topological polar surface area (TPSA) is 60.2 Å². The monoisotopic (exact) mass is 328 g/mol. The van der Waals surface area contributed by atoms with Gasteiger partial charge >= 0.3 is 6.09 Å². The molecule has 0 saturated heterocycles. The lowest BCUT2D eigenvalue weighted by Gasteiger charge is -2.26. The van der Waals surface area contributed by atoms with E-state index in [0.717, 1.165) is 24.2 Å². The second-order valence-electron chi connectivity index (χ2n) is 7.13. The van der Waals surface area contributed by atoms with E-state index in [1.807, 2.05) is 43.7 Å². The van der Waals surface area contributed by atoms with E-state index in [2.05, 4.69) is 22.4 Å². The summed E-state index contributed by atoms with van der Waals surface area (Å²) in [7, 11) is 0. The Hall–Kier alpha value is -2.37. The number of benzene rings is 1. The molecule has 6 nitrogen and oxygen atoms in total. The summed E-state index contributed by atoms with van der Waals surface area (Å²) in [5.41, 5.74) is 2.69. The number of hydrogen-bond donors (Lipinski definition) is 0. The molecule has 0 spiro atoms. The molecule has 0 fully saturated rings. The Morgan fingerprint density at radius 1 is 1.25 bits per heavy atom. The van der Waals surface area contributed by atoms with Crippen LogP contribution in [0.1, 0.15) is 44.1 Å². The van der Waals surface area contributed by atoms with Gasteiger partial charge in [-0.1, -0.05) is 35.5 Å². The second kappa shape index (κ2) is 6.63. The lowest BCUT2D eigenvalue weighted by Crippen LogP contribution is -2.36. The van der Waals surface area contributed by atoms with Crippen LogP contribution in [0.4, 0.5) is 4.79 Å². The normalized spacial score (nSPS) is 14.9. The van der Waals surface area contributed by atoms with E-state index >= 15 is 0 Å². The van der Waals surface area contributed by atoms with E-state index in [-0.39, 0.29) is 6.09 Å². The summed E-state index contributed by atoms with van der Waals surface area (Å²) in [5, 5.41) is 8.60.